The van der Waals surface area contributed by atoms with Crippen molar-refractivity contribution in [2.24, 2.45) is 0 Å². The summed E-state index contributed by atoms with van der Waals surface area (Å²) in [5.74, 6) is 0.240. The van der Waals surface area contributed by atoms with Crippen molar-refractivity contribution in [3.63, 3.8) is 0 Å². The molecule has 0 bridgehead atoms. The molecule has 0 fully saturated rings. The molecular weight excluding hydrogens is 182 g/mol. The smallest absolute Gasteiger partial charge is 0.115 e. The van der Waals surface area contributed by atoms with Gasteiger partial charge in [-0.1, -0.05) is 12.1 Å². The van der Waals surface area contributed by atoms with Gasteiger partial charge in [0.15, 0.2) is 0 Å². The first kappa shape index (κ1) is 11.0. The molecule has 0 heterocycles. The van der Waals surface area contributed by atoms with Crippen molar-refractivity contribution >= 4 is 0 Å². The molecule has 78 valence electrons. The molecule has 4 N–H and O–H groups in total. The molecule has 1 aromatic carbocycles. The van der Waals surface area contributed by atoms with Crippen molar-refractivity contribution in [1.82, 2.24) is 5.32 Å². The number of rotatable bonds is 5. The molecule has 0 aromatic heterocycles. The van der Waals surface area contributed by atoms with E-state index in [1.807, 2.05) is 0 Å². The summed E-state index contributed by atoms with van der Waals surface area (Å²) in [6.45, 7) is 0.733. The Bertz CT molecular complexity index is 261. The Morgan fingerprint density at radius 2 is 1.86 bits per heavy atom. The highest BCUT2D eigenvalue weighted by Crippen LogP contribution is 2.08. The van der Waals surface area contributed by atoms with Gasteiger partial charge in [0.2, 0.25) is 0 Å². The van der Waals surface area contributed by atoms with Gasteiger partial charge in [0.25, 0.3) is 0 Å². The lowest BCUT2D eigenvalue weighted by Gasteiger charge is -2.08. The van der Waals surface area contributed by atoms with E-state index < -0.39 is 6.10 Å². The van der Waals surface area contributed by atoms with Crippen LogP contribution in [0.2, 0.25) is 0 Å². The van der Waals surface area contributed by atoms with E-state index in [0.717, 1.165) is 5.56 Å². The van der Waals surface area contributed by atoms with E-state index in [1.54, 1.807) is 24.3 Å². The second kappa shape index (κ2) is 5.59. The minimum Gasteiger partial charge on any atom is -0.508 e. The highest BCUT2D eigenvalue weighted by Gasteiger charge is 2.00. The van der Waals surface area contributed by atoms with Gasteiger partial charge in [-0.2, -0.15) is 0 Å². The molecular formula is C10H15NO3. The summed E-state index contributed by atoms with van der Waals surface area (Å²) in [7, 11) is 0. The van der Waals surface area contributed by atoms with Crippen LogP contribution >= 0.6 is 0 Å². The van der Waals surface area contributed by atoms with Gasteiger partial charge in [-0.15, -0.1) is 0 Å². The van der Waals surface area contributed by atoms with Crippen LogP contribution in [0.25, 0.3) is 0 Å². The van der Waals surface area contributed by atoms with Crippen LogP contribution in [0, 0.1) is 0 Å². The summed E-state index contributed by atoms with van der Waals surface area (Å²) in [5, 5.41) is 29.6. The zero-order valence-corrected chi connectivity index (χ0v) is 7.85. The zero-order chi connectivity index (χ0) is 10.4. The molecule has 4 nitrogen and oxygen atoms in total. The normalized spacial score (nSPS) is 12.7. The number of benzene rings is 1. The van der Waals surface area contributed by atoms with Crippen LogP contribution in [0.5, 0.6) is 5.75 Å². The molecule has 1 rings (SSSR count). The summed E-state index contributed by atoms with van der Waals surface area (Å²) < 4.78 is 0. The van der Waals surface area contributed by atoms with Gasteiger partial charge < -0.3 is 20.6 Å². The van der Waals surface area contributed by atoms with Crippen molar-refractivity contribution < 1.29 is 15.3 Å². The molecule has 4 heteroatoms. The molecule has 0 unspecified atom stereocenters. The number of aromatic hydroxyl groups is 1. The number of phenolic OH excluding ortho intramolecular Hbond substituents is 1. The third-order valence-electron chi connectivity index (χ3n) is 1.86. The van der Waals surface area contributed by atoms with E-state index in [9.17, 15) is 0 Å². The van der Waals surface area contributed by atoms with E-state index in [-0.39, 0.29) is 12.4 Å². The highest BCUT2D eigenvalue weighted by molar-refractivity contribution is 5.25. The minimum absolute atomic E-state index is 0.234. The Kier molecular flexibility index (Phi) is 4.39. The number of aliphatic hydroxyl groups excluding tert-OH is 2. The predicted octanol–water partition coefficient (Wildman–Crippen LogP) is -0.165. The first-order chi connectivity index (χ1) is 6.72. The summed E-state index contributed by atoms with van der Waals surface area (Å²) >= 11 is 0. The fourth-order valence-corrected chi connectivity index (χ4v) is 1.06. The fourth-order valence-electron chi connectivity index (χ4n) is 1.06. The van der Waals surface area contributed by atoms with Crippen molar-refractivity contribution in [3.8, 4) is 5.75 Å². The average molecular weight is 197 g/mol. The number of phenols is 1. The first-order valence-electron chi connectivity index (χ1n) is 4.50. The minimum atomic E-state index is -0.716. The lowest BCUT2D eigenvalue weighted by molar-refractivity contribution is 0.0942. The lowest BCUT2D eigenvalue weighted by atomic mass is 10.2. The maximum Gasteiger partial charge on any atom is 0.115 e. The Hall–Kier alpha value is -1.10. The van der Waals surface area contributed by atoms with Crippen LogP contribution in [0.4, 0.5) is 0 Å². The molecule has 0 radical (unpaired) electrons. The number of hydrogen-bond acceptors (Lipinski definition) is 4. The van der Waals surface area contributed by atoms with E-state index in [4.69, 9.17) is 15.3 Å². The lowest BCUT2D eigenvalue weighted by Crippen LogP contribution is -2.28. The fraction of sp³-hybridized carbons (Fsp3) is 0.400. The highest BCUT2D eigenvalue weighted by atomic mass is 16.3. The van der Waals surface area contributed by atoms with Gasteiger partial charge in [-0.25, -0.2) is 0 Å². The van der Waals surface area contributed by atoms with E-state index in [2.05, 4.69) is 5.32 Å². The van der Waals surface area contributed by atoms with Crippen LogP contribution in [0.3, 0.4) is 0 Å². The zero-order valence-electron chi connectivity index (χ0n) is 7.85. The summed E-state index contributed by atoms with van der Waals surface area (Å²) in [4.78, 5) is 0. The van der Waals surface area contributed by atoms with Crippen molar-refractivity contribution in [3.05, 3.63) is 29.8 Å². The Labute approximate surface area is 82.8 Å². The number of hydrogen-bond donors (Lipinski definition) is 4. The van der Waals surface area contributed by atoms with Crippen LogP contribution in [0.1, 0.15) is 5.56 Å². The molecule has 1 aromatic rings. The Morgan fingerprint density at radius 1 is 1.21 bits per heavy atom. The molecule has 1 atom stereocenters. The van der Waals surface area contributed by atoms with E-state index >= 15 is 0 Å². The summed E-state index contributed by atoms with van der Waals surface area (Å²) in [6, 6.07) is 6.82. The Balaban J connectivity index is 2.28. The van der Waals surface area contributed by atoms with E-state index in [0.29, 0.717) is 13.1 Å². The molecule has 14 heavy (non-hydrogen) atoms. The summed E-state index contributed by atoms with van der Waals surface area (Å²) in [5.41, 5.74) is 1.02. The van der Waals surface area contributed by atoms with Crippen molar-refractivity contribution in [2.75, 3.05) is 13.2 Å². The second-order valence-corrected chi connectivity index (χ2v) is 3.13. The summed E-state index contributed by atoms with van der Waals surface area (Å²) in [6.07, 6.45) is -0.716. The van der Waals surface area contributed by atoms with Crippen LogP contribution in [0.15, 0.2) is 24.3 Å². The predicted molar refractivity (Wildman–Crippen MR) is 52.9 cm³/mol. The quantitative estimate of drug-likeness (QED) is 0.529. The standard InChI is InChI=1S/C10H15NO3/c12-7-10(14)6-11-5-8-1-3-9(13)4-2-8/h1-4,10-14H,5-7H2/t10-/m0/s1. The Morgan fingerprint density at radius 3 is 2.43 bits per heavy atom. The first-order valence-corrected chi connectivity index (χ1v) is 4.50. The molecule has 0 aliphatic heterocycles. The second-order valence-electron chi connectivity index (χ2n) is 3.13. The molecule has 0 saturated heterocycles. The molecule has 0 saturated carbocycles. The molecule has 0 amide bonds. The van der Waals surface area contributed by atoms with E-state index in [1.165, 1.54) is 0 Å². The maximum atomic E-state index is 9.03. The van der Waals surface area contributed by atoms with Crippen LogP contribution in [-0.2, 0) is 6.54 Å². The van der Waals surface area contributed by atoms with Crippen molar-refractivity contribution in [1.29, 1.82) is 0 Å². The van der Waals surface area contributed by atoms with Gasteiger partial charge in [0.05, 0.1) is 12.7 Å². The third-order valence-corrected chi connectivity index (χ3v) is 1.86. The largest absolute Gasteiger partial charge is 0.508 e. The molecule has 0 spiro atoms. The van der Waals surface area contributed by atoms with Gasteiger partial charge in [-0.3, -0.25) is 0 Å². The van der Waals surface area contributed by atoms with Gasteiger partial charge >= 0.3 is 0 Å². The number of aliphatic hydroxyl groups is 2. The topological polar surface area (TPSA) is 72.7 Å². The monoisotopic (exact) mass is 197 g/mol. The van der Waals surface area contributed by atoms with Crippen LogP contribution in [-0.4, -0.2) is 34.6 Å². The van der Waals surface area contributed by atoms with Crippen molar-refractivity contribution in [2.45, 2.75) is 12.6 Å². The number of nitrogens with one attached hydrogen (secondary N) is 1. The van der Waals surface area contributed by atoms with Crippen LogP contribution < -0.4 is 5.32 Å². The SMILES string of the molecule is OC[C@@H](O)CNCc1ccc(O)cc1. The maximum absolute atomic E-state index is 9.03. The molecule has 0 aliphatic rings. The van der Waals surface area contributed by atoms with Gasteiger partial charge in [-0.05, 0) is 17.7 Å². The van der Waals surface area contributed by atoms with Gasteiger partial charge in [0, 0.05) is 13.1 Å². The average Bonchev–Trinajstić information content (AvgIpc) is 2.21. The third kappa shape index (κ3) is 3.74. The van der Waals surface area contributed by atoms with Gasteiger partial charge in [0.1, 0.15) is 5.75 Å². The molecule has 0 aliphatic carbocycles.